The van der Waals surface area contributed by atoms with E-state index in [-0.39, 0.29) is 5.54 Å². The van der Waals surface area contributed by atoms with Gasteiger partial charge in [0.2, 0.25) is 0 Å². The third-order valence-corrected chi connectivity index (χ3v) is 3.09. The summed E-state index contributed by atoms with van der Waals surface area (Å²) in [5.74, 6) is 0. The molecule has 0 aliphatic carbocycles. The molecule has 0 fully saturated rings. The average molecular weight is 202 g/mol. The lowest BCUT2D eigenvalue weighted by atomic mass is 10.1. The minimum Gasteiger partial charge on any atom is -0.332 e. The Hall–Kier alpha value is 0.137. The second-order valence-electron chi connectivity index (χ2n) is 5.79. The summed E-state index contributed by atoms with van der Waals surface area (Å²) < 4.78 is 0. The molecule has 0 saturated heterocycles. The minimum atomic E-state index is -1.15. The fraction of sp³-hybridized carbons (Fsp3) is 1.00. The van der Waals surface area contributed by atoms with Crippen molar-refractivity contribution in [1.82, 2.24) is 10.3 Å². The summed E-state index contributed by atoms with van der Waals surface area (Å²) in [7, 11) is -1.15. The van der Waals surface area contributed by atoms with Crippen LogP contribution in [0.25, 0.3) is 0 Å². The molecular formula is C10H26N2Si. The molecule has 2 nitrogen and oxygen atoms in total. The van der Waals surface area contributed by atoms with Crippen molar-refractivity contribution < 1.29 is 0 Å². The Bertz CT molecular complexity index is 147. The van der Waals surface area contributed by atoms with Crippen molar-refractivity contribution in [1.29, 1.82) is 0 Å². The van der Waals surface area contributed by atoms with Gasteiger partial charge in [-0.25, -0.2) is 0 Å². The highest BCUT2D eigenvalue weighted by molar-refractivity contribution is 6.73. The molecule has 0 aliphatic rings. The van der Waals surface area contributed by atoms with Gasteiger partial charge in [-0.2, -0.15) is 0 Å². The van der Waals surface area contributed by atoms with E-state index in [2.05, 4.69) is 57.6 Å². The van der Waals surface area contributed by atoms with Gasteiger partial charge in [-0.1, -0.05) is 33.5 Å². The van der Waals surface area contributed by atoms with Crippen molar-refractivity contribution in [3.8, 4) is 0 Å². The van der Waals surface area contributed by atoms with Crippen molar-refractivity contribution in [2.45, 2.75) is 58.9 Å². The first-order valence-corrected chi connectivity index (χ1v) is 8.65. The Kier molecular flexibility index (Phi) is 4.62. The van der Waals surface area contributed by atoms with Gasteiger partial charge in [0.05, 0.1) is 0 Å². The molecule has 0 unspecified atom stereocenters. The summed E-state index contributed by atoms with van der Waals surface area (Å²) in [6.45, 7) is 16.9. The van der Waals surface area contributed by atoms with Crippen LogP contribution in [-0.2, 0) is 0 Å². The van der Waals surface area contributed by atoms with Gasteiger partial charge in [-0.05, 0) is 13.8 Å². The predicted octanol–water partition coefficient (Wildman–Crippen LogP) is 2.19. The van der Waals surface area contributed by atoms with Gasteiger partial charge in [0, 0.05) is 18.1 Å². The zero-order chi connectivity index (χ0) is 10.7. The molecule has 0 saturated carbocycles. The van der Waals surface area contributed by atoms with Crippen LogP contribution in [0.15, 0.2) is 0 Å². The molecule has 2 N–H and O–H groups in total. The largest absolute Gasteiger partial charge is 0.332 e. The van der Waals surface area contributed by atoms with Gasteiger partial charge in [0.15, 0.2) is 0 Å². The van der Waals surface area contributed by atoms with E-state index in [4.69, 9.17) is 0 Å². The number of rotatable bonds is 5. The van der Waals surface area contributed by atoms with Crippen molar-refractivity contribution in [2.24, 2.45) is 0 Å². The van der Waals surface area contributed by atoms with E-state index in [1.807, 2.05) is 0 Å². The Morgan fingerprint density at radius 2 is 1.62 bits per heavy atom. The zero-order valence-corrected chi connectivity index (χ0v) is 11.3. The van der Waals surface area contributed by atoms with E-state index in [0.29, 0.717) is 6.04 Å². The van der Waals surface area contributed by atoms with Gasteiger partial charge < -0.3 is 10.3 Å². The molecule has 0 rings (SSSR count). The van der Waals surface area contributed by atoms with Crippen LogP contribution in [0.5, 0.6) is 0 Å². The second kappa shape index (κ2) is 4.58. The lowest BCUT2D eigenvalue weighted by Gasteiger charge is -2.34. The molecule has 0 aromatic heterocycles. The number of nitrogens with one attached hydrogen (secondary N) is 2. The van der Waals surface area contributed by atoms with Crippen LogP contribution < -0.4 is 10.3 Å². The van der Waals surface area contributed by atoms with Crippen LogP contribution in [0.1, 0.15) is 27.7 Å². The Balaban J connectivity index is 3.94. The van der Waals surface area contributed by atoms with Crippen LogP contribution in [0, 0.1) is 0 Å². The van der Waals surface area contributed by atoms with Gasteiger partial charge >= 0.3 is 0 Å². The van der Waals surface area contributed by atoms with Crippen LogP contribution in [-0.4, -0.2) is 26.4 Å². The fourth-order valence-electron chi connectivity index (χ4n) is 1.52. The standard InChI is InChI=1S/C10H26N2Si/c1-9(2)11-8-10(3,4)12-13(5,6)7/h9,11-12H,8H2,1-7H3. The molecule has 0 radical (unpaired) electrons. The number of hydrogen-bond donors (Lipinski definition) is 2. The highest BCUT2D eigenvalue weighted by Gasteiger charge is 2.24. The van der Waals surface area contributed by atoms with E-state index in [1.165, 1.54) is 0 Å². The molecule has 0 atom stereocenters. The molecule has 0 aliphatic heterocycles. The average Bonchev–Trinajstić information content (AvgIpc) is 1.78. The Morgan fingerprint density at radius 3 is 1.92 bits per heavy atom. The van der Waals surface area contributed by atoms with Crippen molar-refractivity contribution in [3.05, 3.63) is 0 Å². The second-order valence-corrected chi connectivity index (χ2v) is 10.5. The maximum absolute atomic E-state index is 3.73. The van der Waals surface area contributed by atoms with E-state index in [9.17, 15) is 0 Å². The third-order valence-electron chi connectivity index (χ3n) is 1.67. The maximum Gasteiger partial charge on any atom is 0.116 e. The molecular weight excluding hydrogens is 176 g/mol. The predicted molar refractivity (Wildman–Crippen MR) is 63.7 cm³/mol. The van der Waals surface area contributed by atoms with E-state index < -0.39 is 8.24 Å². The van der Waals surface area contributed by atoms with Gasteiger partial charge in [0.1, 0.15) is 8.24 Å². The Morgan fingerprint density at radius 1 is 1.15 bits per heavy atom. The highest BCUT2D eigenvalue weighted by atomic mass is 28.3. The lowest BCUT2D eigenvalue weighted by molar-refractivity contribution is 0.404. The first-order chi connectivity index (χ1) is 5.62. The molecule has 3 heteroatoms. The van der Waals surface area contributed by atoms with Crippen LogP contribution >= 0.6 is 0 Å². The maximum atomic E-state index is 3.73. The summed E-state index contributed by atoms with van der Waals surface area (Å²) in [6, 6.07) is 0.572. The minimum absolute atomic E-state index is 0.217. The monoisotopic (exact) mass is 202 g/mol. The summed E-state index contributed by atoms with van der Waals surface area (Å²) in [6.07, 6.45) is 0. The van der Waals surface area contributed by atoms with E-state index >= 15 is 0 Å². The van der Waals surface area contributed by atoms with E-state index in [0.717, 1.165) is 6.54 Å². The molecule has 0 heterocycles. The van der Waals surface area contributed by atoms with Gasteiger partial charge in [-0.15, -0.1) is 0 Å². The molecule has 0 amide bonds. The quantitative estimate of drug-likeness (QED) is 0.668. The van der Waals surface area contributed by atoms with Crippen molar-refractivity contribution in [3.63, 3.8) is 0 Å². The summed E-state index contributed by atoms with van der Waals surface area (Å²) in [4.78, 5) is 3.73. The first kappa shape index (κ1) is 13.1. The summed E-state index contributed by atoms with van der Waals surface area (Å²) in [5, 5.41) is 3.47. The molecule has 0 aromatic rings. The van der Waals surface area contributed by atoms with Crippen LogP contribution in [0.2, 0.25) is 19.6 Å². The van der Waals surface area contributed by atoms with Gasteiger partial charge in [0.25, 0.3) is 0 Å². The summed E-state index contributed by atoms with van der Waals surface area (Å²) in [5.41, 5.74) is 0.217. The zero-order valence-electron chi connectivity index (χ0n) is 10.3. The van der Waals surface area contributed by atoms with Crippen LogP contribution in [0.3, 0.4) is 0 Å². The van der Waals surface area contributed by atoms with E-state index in [1.54, 1.807) is 0 Å². The normalized spacial score (nSPS) is 13.8. The van der Waals surface area contributed by atoms with Gasteiger partial charge in [-0.3, -0.25) is 0 Å². The summed E-state index contributed by atoms with van der Waals surface area (Å²) >= 11 is 0. The highest BCUT2D eigenvalue weighted by Crippen LogP contribution is 2.07. The molecule has 0 spiro atoms. The number of hydrogen-bond acceptors (Lipinski definition) is 2. The Labute approximate surface area is 84.6 Å². The SMILES string of the molecule is CC(C)NCC(C)(C)N[Si](C)(C)C. The lowest BCUT2D eigenvalue weighted by Crippen LogP contribution is -2.58. The molecule has 0 aromatic carbocycles. The fourth-order valence-corrected chi connectivity index (χ4v) is 3.64. The topological polar surface area (TPSA) is 24.1 Å². The molecule has 0 bridgehead atoms. The molecule has 13 heavy (non-hydrogen) atoms. The van der Waals surface area contributed by atoms with Crippen molar-refractivity contribution >= 4 is 8.24 Å². The van der Waals surface area contributed by atoms with Crippen LogP contribution in [0.4, 0.5) is 0 Å². The smallest absolute Gasteiger partial charge is 0.116 e. The third kappa shape index (κ3) is 8.47. The van der Waals surface area contributed by atoms with Crippen molar-refractivity contribution in [2.75, 3.05) is 6.54 Å². The molecule has 80 valence electrons. The first-order valence-electron chi connectivity index (χ1n) is 5.15.